The standard InChI is InChI=1S/C19H17F2N3O3/c1-11(25)12-7-5-9-15-17(12)27-19(20,21)18(26)24(15)10-16-13-6-3-4-8-14(13)22-23(16)2/h3-9,11,25H,10H2,1-2H3. The van der Waals surface area contributed by atoms with Crippen LogP contribution in [-0.4, -0.2) is 26.9 Å². The Bertz CT molecular complexity index is 1050. The number of benzene rings is 2. The van der Waals surface area contributed by atoms with E-state index in [4.69, 9.17) is 0 Å². The number of carbonyl (C=O) groups excluding carboxylic acids is 1. The number of hydrogen-bond donors (Lipinski definition) is 1. The molecule has 0 spiro atoms. The number of hydrogen-bond acceptors (Lipinski definition) is 4. The van der Waals surface area contributed by atoms with Crippen LogP contribution in [0.4, 0.5) is 14.5 Å². The number of fused-ring (bicyclic) bond motifs is 2. The molecular formula is C19H17F2N3O3. The van der Waals surface area contributed by atoms with Crippen molar-refractivity contribution >= 4 is 22.5 Å². The summed E-state index contributed by atoms with van der Waals surface area (Å²) in [6, 6.07) is 11.9. The number of aromatic nitrogens is 2. The van der Waals surface area contributed by atoms with Crippen molar-refractivity contribution in [2.75, 3.05) is 4.90 Å². The van der Waals surface area contributed by atoms with Gasteiger partial charge in [-0.2, -0.15) is 13.9 Å². The third-order valence-electron chi connectivity index (χ3n) is 4.66. The second-order valence-corrected chi connectivity index (χ2v) is 6.47. The fraction of sp³-hybridized carbons (Fsp3) is 0.263. The number of aliphatic hydroxyl groups is 1. The molecule has 0 saturated carbocycles. The maximum absolute atomic E-state index is 14.3. The monoisotopic (exact) mass is 373 g/mol. The van der Waals surface area contributed by atoms with E-state index in [1.165, 1.54) is 19.1 Å². The highest BCUT2D eigenvalue weighted by atomic mass is 19.3. The van der Waals surface area contributed by atoms with Crippen LogP contribution in [0.15, 0.2) is 42.5 Å². The van der Waals surface area contributed by atoms with Crippen LogP contribution in [0, 0.1) is 0 Å². The van der Waals surface area contributed by atoms with Gasteiger partial charge in [-0.05, 0) is 19.1 Å². The summed E-state index contributed by atoms with van der Waals surface area (Å²) in [5.41, 5.74) is 1.71. The van der Waals surface area contributed by atoms with E-state index in [-0.39, 0.29) is 23.5 Å². The Labute approximate surface area is 153 Å². The van der Waals surface area contributed by atoms with Crippen LogP contribution < -0.4 is 9.64 Å². The highest BCUT2D eigenvalue weighted by Gasteiger charge is 2.51. The number of ether oxygens (including phenoxy) is 1. The molecule has 1 amide bonds. The number of nitrogens with zero attached hydrogens (tertiary/aromatic N) is 3. The van der Waals surface area contributed by atoms with Gasteiger partial charge in [0.1, 0.15) is 0 Å². The highest BCUT2D eigenvalue weighted by Crippen LogP contribution is 2.44. The number of aryl methyl sites for hydroxylation is 1. The van der Waals surface area contributed by atoms with E-state index in [9.17, 15) is 18.7 Å². The number of halogens is 2. The lowest BCUT2D eigenvalue weighted by molar-refractivity contribution is -0.193. The molecular weight excluding hydrogens is 356 g/mol. The molecule has 1 aliphatic heterocycles. The van der Waals surface area contributed by atoms with Crippen LogP contribution >= 0.6 is 0 Å². The average molecular weight is 373 g/mol. The normalized spacial score (nSPS) is 16.9. The first-order valence-electron chi connectivity index (χ1n) is 8.40. The predicted octanol–water partition coefficient (Wildman–Crippen LogP) is 3.15. The Balaban J connectivity index is 1.86. The first kappa shape index (κ1) is 17.4. The summed E-state index contributed by atoms with van der Waals surface area (Å²) < 4.78 is 34.8. The molecule has 140 valence electrons. The maximum atomic E-state index is 14.3. The number of alkyl halides is 2. The van der Waals surface area contributed by atoms with Crippen LogP contribution in [0.25, 0.3) is 10.9 Å². The van der Waals surface area contributed by atoms with Crippen LogP contribution in [0.2, 0.25) is 0 Å². The summed E-state index contributed by atoms with van der Waals surface area (Å²) in [7, 11) is 1.70. The fourth-order valence-electron chi connectivity index (χ4n) is 3.33. The van der Waals surface area contributed by atoms with Gasteiger partial charge >= 0.3 is 12.0 Å². The van der Waals surface area contributed by atoms with Crippen molar-refractivity contribution in [1.82, 2.24) is 9.78 Å². The molecule has 1 aromatic heterocycles. The summed E-state index contributed by atoms with van der Waals surface area (Å²) in [6.45, 7) is 1.34. The molecule has 2 heterocycles. The largest absolute Gasteiger partial charge is 0.483 e. The fourth-order valence-corrected chi connectivity index (χ4v) is 3.33. The van der Waals surface area contributed by atoms with Gasteiger partial charge in [-0.1, -0.05) is 30.3 Å². The number of aliphatic hydroxyl groups excluding tert-OH is 1. The van der Waals surface area contributed by atoms with Gasteiger partial charge in [0.2, 0.25) is 0 Å². The zero-order chi connectivity index (χ0) is 19.3. The second kappa shape index (κ2) is 6.02. The van der Waals surface area contributed by atoms with E-state index < -0.39 is 18.1 Å². The van der Waals surface area contributed by atoms with Gasteiger partial charge in [0.05, 0.1) is 29.5 Å². The number of anilines is 1. The predicted molar refractivity (Wildman–Crippen MR) is 94.6 cm³/mol. The molecule has 3 aromatic rings. The summed E-state index contributed by atoms with van der Waals surface area (Å²) in [4.78, 5) is 13.4. The zero-order valence-corrected chi connectivity index (χ0v) is 14.7. The van der Waals surface area contributed by atoms with Crippen molar-refractivity contribution in [2.24, 2.45) is 7.05 Å². The van der Waals surface area contributed by atoms with E-state index in [0.29, 0.717) is 11.2 Å². The van der Waals surface area contributed by atoms with E-state index >= 15 is 0 Å². The average Bonchev–Trinajstić information content (AvgIpc) is 2.93. The minimum atomic E-state index is -4.02. The summed E-state index contributed by atoms with van der Waals surface area (Å²) >= 11 is 0. The van der Waals surface area contributed by atoms with Crippen LogP contribution in [0.1, 0.15) is 24.3 Å². The molecule has 6 nitrogen and oxygen atoms in total. The number of rotatable bonds is 3. The molecule has 1 unspecified atom stereocenters. The lowest BCUT2D eigenvalue weighted by Gasteiger charge is -2.35. The minimum Gasteiger partial charge on any atom is -0.423 e. The molecule has 0 aliphatic carbocycles. The zero-order valence-electron chi connectivity index (χ0n) is 14.7. The first-order valence-corrected chi connectivity index (χ1v) is 8.40. The Hall–Kier alpha value is -3.00. The van der Waals surface area contributed by atoms with Crippen molar-refractivity contribution in [2.45, 2.75) is 25.7 Å². The van der Waals surface area contributed by atoms with Gasteiger partial charge in [-0.3, -0.25) is 14.4 Å². The Morgan fingerprint density at radius 3 is 2.70 bits per heavy atom. The quantitative estimate of drug-likeness (QED) is 0.766. The highest BCUT2D eigenvalue weighted by molar-refractivity contribution is 6.01. The third-order valence-corrected chi connectivity index (χ3v) is 4.66. The van der Waals surface area contributed by atoms with Gasteiger partial charge in [0.25, 0.3) is 0 Å². The van der Waals surface area contributed by atoms with E-state index in [2.05, 4.69) is 9.84 Å². The molecule has 0 fully saturated rings. The SMILES string of the molecule is CC(O)c1cccc2c1OC(F)(F)C(=O)N2Cc1c2ccccc2nn1C. The molecule has 1 N–H and O–H groups in total. The molecule has 27 heavy (non-hydrogen) atoms. The van der Waals surface area contributed by atoms with Gasteiger partial charge < -0.3 is 9.84 Å². The van der Waals surface area contributed by atoms with Gasteiger partial charge in [0.15, 0.2) is 5.75 Å². The molecule has 4 rings (SSSR count). The second-order valence-electron chi connectivity index (χ2n) is 6.47. The van der Waals surface area contributed by atoms with Crippen molar-refractivity contribution in [3.8, 4) is 5.75 Å². The van der Waals surface area contributed by atoms with Crippen LogP contribution in [0.5, 0.6) is 5.75 Å². The minimum absolute atomic E-state index is 0.106. The maximum Gasteiger partial charge on any atom is 0.483 e. The third kappa shape index (κ3) is 2.73. The molecule has 1 aliphatic rings. The number of amides is 1. The number of carbonyl (C=O) groups is 1. The number of para-hydroxylation sites is 1. The van der Waals surface area contributed by atoms with Crippen molar-refractivity contribution in [3.63, 3.8) is 0 Å². The smallest absolute Gasteiger partial charge is 0.423 e. The first-order chi connectivity index (χ1) is 12.8. The van der Waals surface area contributed by atoms with Crippen molar-refractivity contribution in [3.05, 3.63) is 53.7 Å². The summed E-state index contributed by atoms with van der Waals surface area (Å²) in [5, 5.41) is 15.0. The lowest BCUT2D eigenvalue weighted by atomic mass is 10.1. The van der Waals surface area contributed by atoms with Crippen LogP contribution in [0.3, 0.4) is 0 Å². The Kier molecular flexibility index (Phi) is 3.88. The van der Waals surface area contributed by atoms with Crippen molar-refractivity contribution in [1.29, 1.82) is 0 Å². The van der Waals surface area contributed by atoms with E-state index in [1.807, 2.05) is 24.3 Å². The van der Waals surface area contributed by atoms with Gasteiger partial charge in [-0.15, -0.1) is 0 Å². The summed E-state index contributed by atoms with van der Waals surface area (Å²) in [6.07, 6.45) is -5.05. The molecule has 0 bridgehead atoms. The van der Waals surface area contributed by atoms with Crippen molar-refractivity contribution < 1.29 is 23.4 Å². The molecule has 1 atom stereocenters. The van der Waals surface area contributed by atoms with Crippen LogP contribution in [-0.2, 0) is 18.4 Å². The molecule has 8 heteroatoms. The molecule has 2 aromatic carbocycles. The summed E-state index contributed by atoms with van der Waals surface area (Å²) in [5.74, 6) is -1.65. The molecule has 0 saturated heterocycles. The van der Waals surface area contributed by atoms with E-state index in [0.717, 1.165) is 10.3 Å². The molecule has 0 radical (unpaired) electrons. The van der Waals surface area contributed by atoms with E-state index in [1.54, 1.807) is 17.8 Å². The topological polar surface area (TPSA) is 67.6 Å². The van der Waals surface area contributed by atoms with Gasteiger partial charge in [0, 0.05) is 18.0 Å². The van der Waals surface area contributed by atoms with Gasteiger partial charge in [-0.25, -0.2) is 0 Å². The Morgan fingerprint density at radius 2 is 1.96 bits per heavy atom. The lowest BCUT2D eigenvalue weighted by Crippen LogP contribution is -2.50. The Morgan fingerprint density at radius 1 is 1.22 bits per heavy atom.